The molecule has 0 aromatic carbocycles. The number of sulfonamides is 1. The number of hydrogen-bond donors (Lipinski definition) is 3. The number of nitrogens with zero attached hydrogens (tertiary/aromatic N) is 1. The molecule has 1 aliphatic rings. The highest BCUT2D eigenvalue weighted by Crippen LogP contribution is 2.25. The van der Waals surface area contributed by atoms with Gasteiger partial charge < -0.3 is 10.6 Å². The van der Waals surface area contributed by atoms with E-state index in [0.717, 1.165) is 25.1 Å². The number of hydrogen-bond acceptors (Lipinski definition) is 4. The molecule has 0 radical (unpaired) electrons. The fourth-order valence-corrected chi connectivity index (χ4v) is 3.12. The molecule has 0 unspecified atom stereocenters. The Morgan fingerprint density at radius 3 is 2.55 bits per heavy atom. The highest BCUT2D eigenvalue weighted by Gasteiger charge is 2.19. The zero-order chi connectivity index (χ0) is 14.8. The Balaban J connectivity index is 2.16. The standard InChI is InChI=1S/C12H26N4O2S2/c1-13-12(14-6-8-19-2)15-7-9-20(17,18)16-10-11-4-3-5-11/h11,16H,3-10H2,1-2H3,(H2,13,14,15). The minimum Gasteiger partial charge on any atom is -0.356 e. The van der Waals surface area contributed by atoms with E-state index in [1.165, 1.54) is 6.42 Å². The summed E-state index contributed by atoms with van der Waals surface area (Å²) in [5.74, 6) is 2.25. The molecule has 0 amide bonds. The quantitative estimate of drug-likeness (QED) is 0.322. The van der Waals surface area contributed by atoms with Gasteiger partial charge in [0.15, 0.2) is 5.96 Å². The number of guanidine groups is 1. The van der Waals surface area contributed by atoms with Gasteiger partial charge in [0.05, 0.1) is 5.75 Å². The lowest BCUT2D eigenvalue weighted by Gasteiger charge is -2.25. The van der Waals surface area contributed by atoms with E-state index in [9.17, 15) is 8.42 Å². The fraction of sp³-hybridized carbons (Fsp3) is 0.917. The van der Waals surface area contributed by atoms with Gasteiger partial charge in [-0.2, -0.15) is 11.8 Å². The molecule has 0 atom stereocenters. The van der Waals surface area contributed by atoms with Crippen molar-refractivity contribution in [2.45, 2.75) is 19.3 Å². The van der Waals surface area contributed by atoms with Crippen molar-refractivity contribution in [2.24, 2.45) is 10.9 Å². The SMILES string of the molecule is CN=C(NCCSC)NCCS(=O)(=O)NCC1CCC1. The Morgan fingerprint density at radius 1 is 1.30 bits per heavy atom. The van der Waals surface area contributed by atoms with E-state index in [-0.39, 0.29) is 5.75 Å². The Kier molecular flexibility index (Phi) is 8.32. The van der Waals surface area contributed by atoms with Crippen LogP contribution in [0.1, 0.15) is 19.3 Å². The Morgan fingerprint density at radius 2 is 2.00 bits per heavy atom. The smallest absolute Gasteiger partial charge is 0.213 e. The number of nitrogens with one attached hydrogen (secondary N) is 3. The van der Waals surface area contributed by atoms with E-state index in [1.54, 1.807) is 18.8 Å². The van der Waals surface area contributed by atoms with Gasteiger partial charge in [-0.3, -0.25) is 4.99 Å². The molecule has 1 aliphatic carbocycles. The van der Waals surface area contributed by atoms with Crippen molar-refractivity contribution in [1.29, 1.82) is 0 Å². The molecule has 6 nitrogen and oxygen atoms in total. The van der Waals surface area contributed by atoms with E-state index >= 15 is 0 Å². The van der Waals surface area contributed by atoms with Crippen LogP contribution in [0.4, 0.5) is 0 Å². The van der Waals surface area contributed by atoms with Crippen molar-refractivity contribution >= 4 is 27.7 Å². The molecule has 8 heteroatoms. The molecule has 0 bridgehead atoms. The number of rotatable bonds is 9. The van der Waals surface area contributed by atoms with Crippen LogP contribution in [-0.4, -0.2) is 58.8 Å². The van der Waals surface area contributed by atoms with Crippen LogP contribution < -0.4 is 15.4 Å². The zero-order valence-electron chi connectivity index (χ0n) is 12.3. The fourth-order valence-electron chi connectivity index (χ4n) is 1.81. The maximum atomic E-state index is 11.8. The van der Waals surface area contributed by atoms with Gasteiger partial charge >= 0.3 is 0 Å². The summed E-state index contributed by atoms with van der Waals surface area (Å²) in [6, 6.07) is 0. The van der Waals surface area contributed by atoms with Gasteiger partial charge in [-0.15, -0.1) is 0 Å². The van der Waals surface area contributed by atoms with Crippen LogP contribution in [-0.2, 0) is 10.0 Å². The minimum absolute atomic E-state index is 0.0724. The number of thioether (sulfide) groups is 1. The highest BCUT2D eigenvalue weighted by atomic mass is 32.2. The Labute approximate surface area is 126 Å². The first kappa shape index (κ1) is 17.6. The third kappa shape index (κ3) is 7.35. The molecule has 0 aromatic rings. The maximum Gasteiger partial charge on any atom is 0.213 e. The molecule has 3 N–H and O–H groups in total. The second-order valence-corrected chi connectivity index (χ2v) is 7.79. The molecule has 118 valence electrons. The number of aliphatic imine (C=N–C) groups is 1. The normalized spacial score (nSPS) is 16.8. The lowest BCUT2D eigenvalue weighted by molar-refractivity contribution is 0.316. The zero-order valence-corrected chi connectivity index (χ0v) is 13.9. The van der Waals surface area contributed by atoms with E-state index in [2.05, 4.69) is 20.3 Å². The highest BCUT2D eigenvalue weighted by molar-refractivity contribution is 7.98. The first-order chi connectivity index (χ1) is 9.57. The van der Waals surface area contributed by atoms with E-state index in [4.69, 9.17) is 0 Å². The lowest BCUT2D eigenvalue weighted by atomic mass is 9.86. The summed E-state index contributed by atoms with van der Waals surface area (Å²) in [5.41, 5.74) is 0. The average Bonchev–Trinajstić information content (AvgIpc) is 2.35. The van der Waals surface area contributed by atoms with Crippen LogP contribution in [0, 0.1) is 5.92 Å². The summed E-state index contributed by atoms with van der Waals surface area (Å²) >= 11 is 1.75. The van der Waals surface area contributed by atoms with Crippen LogP contribution in [0.2, 0.25) is 0 Å². The van der Waals surface area contributed by atoms with Crippen molar-refractivity contribution in [2.75, 3.05) is 44.4 Å². The van der Waals surface area contributed by atoms with Gasteiger partial charge in [0.2, 0.25) is 10.0 Å². The third-order valence-corrected chi connectivity index (χ3v) is 5.26. The van der Waals surface area contributed by atoms with Crippen molar-refractivity contribution in [1.82, 2.24) is 15.4 Å². The molecule has 1 fully saturated rings. The molecule has 0 aliphatic heterocycles. The molecule has 20 heavy (non-hydrogen) atoms. The van der Waals surface area contributed by atoms with Gasteiger partial charge in [0, 0.05) is 32.4 Å². The predicted molar refractivity (Wildman–Crippen MR) is 86.9 cm³/mol. The molecule has 0 heterocycles. The van der Waals surface area contributed by atoms with Gasteiger partial charge in [-0.25, -0.2) is 13.1 Å². The van der Waals surface area contributed by atoms with Crippen molar-refractivity contribution in [3.8, 4) is 0 Å². The summed E-state index contributed by atoms with van der Waals surface area (Å²) < 4.78 is 26.3. The van der Waals surface area contributed by atoms with Gasteiger partial charge in [-0.1, -0.05) is 6.42 Å². The first-order valence-corrected chi connectivity index (χ1v) is 10.0. The molecule has 1 saturated carbocycles. The summed E-state index contributed by atoms with van der Waals surface area (Å²) in [6.07, 6.45) is 5.56. The van der Waals surface area contributed by atoms with E-state index in [1.807, 2.05) is 6.26 Å². The molecular weight excluding hydrogens is 296 g/mol. The van der Waals surface area contributed by atoms with Crippen molar-refractivity contribution in [3.05, 3.63) is 0 Å². The monoisotopic (exact) mass is 322 g/mol. The molecular formula is C12H26N4O2S2. The second-order valence-electron chi connectivity index (χ2n) is 4.88. The topological polar surface area (TPSA) is 82.6 Å². The Hall–Kier alpha value is -0.470. The van der Waals surface area contributed by atoms with Crippen LogP contribution in [0.15, 0.2) is 4.99 Å². The summed E-state index contributed by atoms with van der Waals surface area (Å²) in [4.78, 5) is 4.05. The predicted octanol–water partition coefficient (Wildman–Crippen LogP) is 0.234. The first-order valence-electron chi connectivity index (χ1n) is 6.98. The molecule has 1 rings (SSSR count). The van der Waals surface area contributed by atoms with Crippen LogP contribution in [0.25, 0.3) is 0 Å². The summed E-state index contributed by atoms with van der Waals surface area (Å²) in [7, 11) is -1.50. The largest absolute Gasteiger partial charge is 0.356 e. The van der Waals surface area contributed by atoms with Gasteiger partial charge in [0.1, 0.15) is 0 Å². The average molecular weight is 323 g/mol. The third-order valence-electron chi connectivity index (χ3n) is 3.30. The molecule has 0 spiro atoms. The lowest BCUT2D eigenvalue weighted by Crippen LogP contribution is -2.42. The van der Waals surface area contributed by atoms with Crippen LogP contribution >= 0.6 is 11.8 Å². The van der Waals surface area contributed by atoms with Gasteiger partial charge in [-0.05, 0) is 25.0 Å². The van der Waals surface area contributed by atoms with E-state index < -0.39 is 10.0 Å². The minimum atomic E-state index is -3.18. The second kappa shape index (κ2) is 9.46. The maximum absolute atomic E-state index is 11.8. The summed E-state index contributed by atoms with van der Waals surface area (Å²) in [5, 5.41) is 6.14. The van der Waals surface area contributed by atoms with Gasteiger partial charge in [0.25, 0.3) is 0 Å². The summed E-state index contributed by atoms with van der Waals surface area (Å²) in [6.45, 7) is 1.76. The van der Waals surface area contributed by atoms with Crippen LogP contribution in [0.5, 0.6) is 0 Å². The van der Waals surface area contributed by atoms with Crippen molar-refractivity contribution in [3.63, 3.8) is 0 Å². The van der Waals surface area contributed by atoms with E-state index in [0.29, 0.717) is 25.0 Å². The molecule has 0 aromatic heterocycles. The molecule has 0 saturated heterocycles. The van der Waals surface area contributed by atoms with Crippen molar-refractivity contribution < 1.29 is 8.42 Å². The Bertz CT molecular complexity index is 394. The van der Waals surface area contributed by atoms with Crippen LogP contribution in [0.3, 0.4) is 0 Å².